The van der Waals surface area contributed by atoms with Crippen LogP contribution >= 0.6 is 0 Å². The standard InChI is InChI=1S/C38H53NO5/c1-33(2,42)28-18-26(40)37(8)25-13-10-19-16-22-29-21-17-23-30(35(5,6)44-34(23,3)4)31(41)20(21)11-12-24(29)39-32(22)38(19,9)36(25,7)15-14-27(37)43-28/h11-12,19,23,25-28,30,39-40,42H,10,13-18H2,1-9H3/t19-,23?,25?,26+,27?,28-,30?,36-,37+,38+/m0/s1. The van der Waals surface area contributed by atoms with Crippen molar-refractivity contribution in [2.24, 2.45) is 34.5 Å². The lowest BCUT2D eigenvalue weighted by atomic mass is 9.39. The number of rotatable bonds is 1. The third-order valence-electron chi connectivity index (χ3n) is 14.9. The van der Waals surface area contributed by atoms with Gasteiger partial charge < -0.3 is 24.7 Å². The van der Waals surface area contributed by atoms with Crippen molar-refractivity contribution < 1.29 is 24.5 Å². The van der Waals surface area contributed by atoms with Crippen LogP contribution in [0.1, 0.15) is 122 Å². The number of aromatic nitrogens is 1. The molecule has 4 aliphatic carbocycles. The van der Waals surface area contributed by atoms with E-state index in [4.69, 9.17) is 9.47 Å². The highest BCUT2D eigenvalue weighted by Crippen LogP contribution is 2.71. The number of ketones is 1. The molecule has 2 saturated heterocycles. The van der Waals surface area contributed by atoms with Crippen molar-refractivity contribution in [3.05, 3.63) is 34.5 Å². The first kappa shape index (κ1) is 29.7. The van der Waals surface area contributed by atoms with Gasteiger partial charge in [0.1, 0.15) is 0 Å². The lowest BCUT2D eigenvalue weighted by Crippen LogP contribution is -2.68. The molecule has 6 heteroatoms. The number of ether oxygens (including phenoxy) is 2. The van der Waals surface area contributed by atoms with Gasteiger partial charge in [0.05, 0.1) is 41.0 Å². The summed E-state index contributed by atoms with van der Waals surface area (Å²) in [5.41, 5.74) is 3.83. The molecule has 4 unspecified atom stereocenters. The Bertz CT molecular complexity index is 1580. The molecule has 10 atom stereocenters. The number of fused-ring (bicyclic) bond motifs is 12. The molecule has 3 N–H and O–H groups in total. The molecule has 2 aromatic rings. The second-order valence-corrected chi connectivity index (χ2v) is 18.0. The normalized spacial score (nSPS) is 45.2. The maximum absolute atomic E-state index is 14.2. The molecule has 2 saturated carbocycles. The van der Waals surface area contributed by atoms with Gasteiger partial charge in [0.15, 0.2) is 5.78 Å². The van der Waals surface area contributed by atoms with E-state index in [1.165, 1.54) is 22.2 Å². The van der Waals surface area contributed by atoms with Gasteiger partial charge in [-0.2, -0.15) is 0 Å². The number of aliphatic hydroxyl groups is 2. The number of Topliss-reactive ketones (excluding diaryl/α,β-unsaturated/α-hetero) is 1. The maximum atomic E-state index is 14.2. The first-order chi connectivity index (χ1) is 20.4. The molecule has 1 aromatic heterocycles. The quantitative estimate of drug-likeness (QED) is 0.339. The molecular formula is C38H53NO5. The fourth-order valence-electron chi connectivity index (χ4n) is 12.5. The lowest BCUT2D eigenvalue weighted by Gasteiger charge is -2.67. The van der Waals surface area contributed by atoms with Gasteiger partial charge in [-0.15, -0.1) is 0 Å². The zero-order valence-corrected chi connectivity index (χ0v) is 28.3. The van der Waals surface area contributed by atoms with Crippen molar-refractivity contribution in [2.75, 3.05) is 0 Å². The monoisotopic (exact) mass is 603 g/mol. The smallest absolute Gasteiger partial charge is 0.169 e. The molecule has 3 heterocycles. The van der Waals surface area contributed by atoms with Gasteiger partial charge in [-0.25, -0.2) is 0 Å². The van der Waals surface area contributed by atoms with E-state index in [9.17, 15) is 15.0 Å². The van der Waals surface area contributed by atoms with E-state index in [2.05, 4.69) is 65.6 Å². The highest BCUT2D eigenvalue weighted by Gasteiger charge is 2.70. The molecule has 1 aromatic carbocycles. The van der Waals surface area contributed by atoms with Gasteiger partial charge >= 0.3 is 0 Å². The predicted molar refractivity (Wildman–Crippen MR) is 171 cm³/mol. The summed E-state index contributed by atoms with van der Waals surface area (Å²) in [4.78, 5) is 18.2. The molecular weight excluding hydrogens is 550 g/mol. The minimum atomic E-state index is -0.979. The van der Waals surface area contributed by atoms with E-state index in [0.29, 0.717) is 18.3 Å². The van der Waals surface area contributed by atoms with E-state index < -0.39 is 17.3 Å². The first-order valence-electron chi connectivity index (χ1n) is 17.3. The number of hydrogen-bond donors (Lipinski definition) is 3. The van der Waals surface area contributed by atoms with E-state index in [1.54, 1.807) is 13.8 Å². The van der Waals surface area contributed by atoms with Crippen LogP contribution in [-0.4, -0.2) is 56.1 Å². The van der Waals surface area contributed by atoms with Crippen LogP contribution in [0.5, 0.6) is 0 Å². The van der Waals surface area contributed by atoms with Crippen LogP contribution in [0.25, 0.3) is 10.9 Å². The van der Waals surface area contributed by atoms with Crippen molar-refractivity contribution in [3.8, 4) is 0 Å². The summed E-state index contributed by atoms with van der Waals surface area (Å²) in [5, 5.41) is 24.0. The van der Waals surface area contributed by atoms with Crippen LogP contribution in [0.15, 0.2) is 12.1 Å². The van der Waals surface area contributed by atoms with Gasteiger partial charge in [-0.05, 0) is 121 Å². The first-order valence-corrected chi connectivity index (χ1v) is 17.3. The minimum Gasteiger partial charge on any atom is -0.392 e. The van der Waals surface area contributed by atoms with Crippen molar-refractivity contribution >= 4 is 16.7 Å². The van der Waals surface area contributed by atoms with Crippen molar-refractivity contribution in [1.29, 1.82) is 0 Å². The summed E-state index contributed by atoms with van der Waals surface area (Å²) in [6.07, 6.45) is 5.59. The van der Waals surface area contributed by atoms with Gasteiger partial charge in [-0.1, -0.05) is 20.8 Å². The SMILES string of the molecule is CC1(C)OC(C)(C)C2C(=O)c3ccc4[nH]c5c(c4c3CC21)C[C@@H]1CCC2[C@@]3(C)C(CC[C@]2(C)[C@@]51C)O[C@H](C(C)(C)O)C[C@H]3O. The number of aliphatic hydroxyl groups excluding tert-OH is 1. The number of aromatic amines is 1. The highest BCUT2D eigenvalue weighted by atomic mass is 16.5. The molecule has 0 spiro atoms. The molecule has 4 fully saturated rings. The average Bonchev–Trinajstić information content (AvgIpc) is 3.48. The van der Waals surface area contributed by atoms with Crippen LogP contribution in [-0.2, 0) is 27.7 Å². The Hall–Kier alpha value is -1.73. The number of hydrogen-bond acceptors (Lipinski definition) is 5. The fourth-order valence-corrected chi connectivity index (χ4v) is 12.5. The van der Waals surface area contributed by atoms with Crippen molar-refractivity contribution in [3.63, 3.8) is 0 Å². The summed E-state index contributed by atoms with van der Waals surface area (Å²) in [5.74, 6) is 1.11. The Labute approximate surface area is 262 Å². The zero-order chi connectivity index (χ0) is 31.6. The Balaban J connectivity index is 1.23. The lowest BCUT2D eigenvalue weighted by molar-refractivity contribution is -0.280. The molecule has 240 valence electrons. The van der Waals surface area contributed by atoms with E-state index >= 15 is 0 Å². The van der Waals surface area contributed by atoms with Crippen molar-refractivity contribution in [2.45, 2.75) is 148 Å². The van der Waals surface area contributed by atoms with Gasteiger partial charge in [-0.3, -0.25) is 4.79 Å². The van der Waals surface area contributed by atoms with Crippen LogP contribution in [0.3, 0.4) is 0 Å². The minimum absolute atomic E-state index is 0.0223. The Morgan fingerprint density at radius 2 is 1.68 bits per heavy atom. The molecule has 0 bridgehead atoms. The largest absolute Gasteiger partial charge is 0.392 e. The Morgan fingerprint density at radius 3 is 2.39 bits per heavy atom. The Morgan fingerprint density at radius 1 is 0.955 bits per heavy atom. The fraction of sp³-hybridized carbons (Fsp3) is 0.763. The van der Waals surface area contributed by atoms with Gasteiger partial charge in [0, 0.05) is 45.3 Å². The zero-order valence-electron chi connectivity index (χ0n) is 28.3. The Kier molecular flexibility index (Phi) is 5.79. The molecule has 44 heavy (non-hydrogen) atoms. The summed E-state index contributed by atoms with van der Waals surface area (Å²) in [7, 11) is 0. The third-order valence-corrected chi connectivity index (χ3v) is 14.9. The molecule has 0 radical (unpaired) electrons. The van der Waals surface area contributed by atoms with E-state index in [1.807, 2.05) is 0 Å². The van der Waals surface area contributed by atoms with Crippen LogP contribution in [0.4, 0.5) is 0 Å². The molecule has 8 rings (SSSR count). The summed E-state index contributed by atoms with van der Waals surface area (Å²) in [6.45, 7) is 19.4. The predicted octanol–water partition coefficient (Wildman–Crippen LogP) is 6.66. The van der Waals surface area contributed by atoms with Gasteiger partial charge in [0.25, 0.3) is 0 Å². The maximum Gasteiger partial charge on any atom is 0.169 e. The molecule has 2 aliphatic heterocycles. The van der Waals surface area contributed by atoms with Crippen molar-refractivity contribution in [1.82, 2.24) is 4.98 Å². The number of carbonyl (C=O) groups excluding carboxylic acids is 1. The number of benzene rings is 1. The summed E-state index contributed by atoms with van der Waals surface area (Å²) < 4.78 is 13.2. The summed E-state index contributed by atoms with van der Waals surface area (Å²) in [6, 6.07) is 4.24. The van der Waals surface area contributed by atoms with Gasteiger partial charge in [0.2, 0.25) is 0 Å². The number of carbonyl (C=O) groups is 1. The summed E-state index contributed by atoms with van der Waals surface area (Å²) >= 11 is 0. The average molecular weight is 604 g/mol. The van der Waals surface area contributed by atoms with Crippen LogP contribution < -0.4 is 0 Å². The topological polar surface area (TPSA) is 91.8 Å². The van der Waals surface area contributed by atoms with Crippen LogP contribution in [0, 0.1) is 34.5 Å². The van der Waals surface area contributed by atoms with E-state index in [-0.39, 0.29) is 51.7 Å². The molecule has 6 nitrogen and oxygen atoms in total. The van der Waals surface area contributed by atoms with E-state index in [0.717, 1.165) is 49.6 Å². The second-order valence-electron chi connectivity index (χ2n) is 18.0. The number of nitrogens with one attached hydrogen (secondary N) is 1. The third kappa shape index (κ3) is 3.39. The molecule has 0 amide bonds. The highest BCUT2D eigenvalue weighted by molar-refractivity contribution is 6.06. The van der Waals surface area contributed by atoms with Crippen LogP contribution in [0.2, 0.25) is 0 Å². The number of H-pyrrole nitrogens is 1. The second kappa shape index (κ2) is 8.59. The molecule has 6 aliphatic rings.